The van der Waals surface area contributed by atoms with Crippen molar-refractivity contribution in [3.63, 3.8) is 0 Å². The summed E-state index contributed by atoms with van der Waals surface area (Å²) in [4.78, 5) is 12.6. The minimum atomic E-state index is -3.54. The van der Waals surface area contributed by atoms with E-state index in [4.69, 9.17) is 4.42 Å². The molecule has 0 saturated carbocycles. The van der Waals surface area contributed by atoms with Gasteiger partial charge in [0.15, 0.2) is 0 Å². The smallest absolute Gasteiger partial charge is 0.251 e. The summed E-state index contributed by atoms with van der Waals surface area (Å²) in [5.41, 5.74) is 0.410. The lowest BCUT2D eigenvalue weighted by Gasteiger charge is -2.34. The average Bonchev–Trinajstić information content (AvgIpc) is 3.16. The fourth-order valence-electron chi connectivity index (χ4n) is 3.62. The Hall–Kier alpha value is -2.12. The van der Waals surface area contributed by atoms with Gasteiger partial charge in [-0.2, -0.15) is 4.31 Å². The van der Waals surface area contributed by atoms with Crippen molar-refractivity contribution in [3.05, 3.63) is 54.0 Å². The zero-order chi connectivity index (χ0) is 19.6. The number of amides is 1. The largest absolute Gasteiger partial charge is 0.467 e. The highest BCUT2D eigenvalue weighted by molar-refractivity contribution is 7.89. The van der Waals surface area contributed by atoms with E-state index >= 15 is 0 Å². The third-order valence-corrected chi connectivity index (χ3v) is 6.75. The Kier molecular flexibility index (Phi) is 5.72. The van der Waals surface area contributed by atoms with Gasteiger partial charge in [-0.05, 0) is 61.6 Å². The monoisotopic (exact) mass is 390 g/mol. The summed E-state index contributed by atoms with van der Waals surface area (Å²) in [6, 6.07) is 9.40. The molecule has 1 fully saturated rings. The van der Waals surface area contributed by atoms with E-state index in [-0.39, 0.29) is 16.8 Å². The van der Waals surface area contributed by atoms with Crippen LogP contribution in [0.4, 0.5) is 0 Å². The van der Waals surface area contributed by atoms with E-state index in [0.717, 1.165) is 6.42 Å². The Balaban J connectivity index is 1.71. The van der Waals surface area contributed by atoms with Crippen molar-refractivity contribution < 1.29 is 17.6 Å². The molecule has 0 bridgehead atoms. The highest BCUT2D eigenvalue weighted by Gasteiger charge is 2.31. The molecule has 1 aliphatic rings. The van der Waals surface area contributed by atoms with Gasteiger partial charge in [0.25, 0.3) is 5.91 Å². The van der Waals surface area contributed by atoms with E-state index < -0.39 is 10.0 Å². The van der Waals surface area contributed by atoms with Crippen LogP contribution in [-0.4, -0.2) is 31.7 Å². The molecule has 27 heavy (non-hydrogen) atoms. The first-order valence-corrected chi connectivity index (χ1v) is 10.7. The molecule has 3 rings (SSSR count). The van der Waals surface area contributed by atoms with E-state index in [0.29, 0.717) is 36.2 Å². The van der Waals surface area contributed by atoms with Crippen LogP contribution in [0.1, 0.15) is 49.4 Å². The molecule has 2 heterocycles. The third-order valence-electron chi connectivity index (χ3n) is 4.91. The molecule has 1 aromatic heterocycles. The second-order valence-corrected chi connectivity index (χ2v) is 9.44. The molecule has 1 saturated heterocycles. The molecule has 0 spiro atoms. The minimum Gasteiger partial charge on any atom is -0.467 e. The number of nitrogens with zero attached hydrogens (tertiary/aromatic N) is 1. The van der Waals surface area contributed by atoms with Crippen molar-refractivity contribution in [2.24, 2.45) is 11.8 Å². The van der Waals surface area contributed by atoms with E-state index in [1.807, 2.05) is 6.92 Å². The number of furan rings is 1. The fourth-order valence-corrected chi connectivity index (χ4v) is 5.30. The molecule has 1 aromatic carbocycles. The second kappa shape index (κ2) is 7.86. The Morgan fingerprint density at radius 2 is 1.78 bits per heavy atom. The molecular formula is C20H26N2O4S. The predicted molar refractivity (Wildman–Crippen MR) is 103 cm³/mol. The van der Waals surface area contributed by atoms with Crippen LogP contribution in [0.2, 0.25) is 0 Å². The molecule has 2 aromatic rings. The maximum atomic E-state index is 12.9. The van der Waals surface area contributed by atoms with Gasteiger partial charge >= 0.3 is 0 Å². The SMILES string of the molecule is C[C@@H]1C[C@@H](C)CN(S(=O)(=O)c2ccc(C(=O)N[C@@H](C)c3ccco3)cc2)C1. The molecule has 3 atom stereocenters. The molecule has 146 valence electrons. The number of rotatable bonds is 5. The topological polar surface area (TPSA) is 79.6 Å². The number of carbonyl (C=O) groups excluding carboxylic acids is 1. The molecule has 6 nitrogen and oxygen atoms in total. The van der Waals surface area contributed by atoms with Gasteiger partial charge in [-0.25, -0.2) is 8.42 Å². The van der Waals surface area contributed by atoms with Crippen molar-refractivity contribution in [1.29, 1.82) is 0 Å². The number of hydrogen-bond donors (Lipinski definition) is 1. The predicted octanol–water partition coefficient (Wildman–Crippen LogP) is 3.44. The average molecular weight is 391 g/mol. The summed E-state index contributed by atoms with van der Waals surface area (Å²) in [5.74, 6) is 1.08. The van der Waals surface area contributed by atoms with Gasteiger partial charge < -0.3 is 9.73 Å². The van der Waals surface area contributed by atoms with Gasteiger partial charge in [0.1, 0.15) is 5.76 Å². The number of piperidine rings is 1. The van der Waals surface area contributed by atoms with Crippen molar-refractivity contribution >= 4 is 15.9 Å². The zero-order valence-corrected chi connectivity index (χ0v) is 16.7. The number of nitrogens with one attached hydrogen (secondary N) is 1. The summed E-state index contributed by atoms with van der Waals surface area (Å²) < 4.78 is 32.6. The van der Waals surface area contributed by atoms with Crippen LogP contribution in [0.25, 0.3) is 0 Å². The van der Waals surface area contributed by atoms with Gasteiger partial charge in [-0.1, -0.05) is 13.8 Å². The lowest BCUT2D eigenvalue weighted by atomic mass is 9.94. The highest BCUT2D eigenvalue weighted by Crippen LogP contribution is 2.26. The minimum absolute atomic E-state index is 0.222. The van der Waals surface area contributed by atoms with E-state index in [2.05, 4.69) is 19.2 Å². The van der Waals surface area contributed by atoms with Gasteiger partial charge in [0.05, 0.1) is 17.2 Å². The van der Waals surface area contributed by atoms with Crippen LogP contribution in [0.3, 0.4) is 0 Å². The van der Waals surface area contributed by atoms with Crippen LogP contribution in [0, 0.1) is 11.8 Å². The van der Waals surface area contributed by atoms with E-state index in [1.54, 1.807) is 34.8 Å². The highest BCUT2D eigenvalue weighted by atomic mass is 32.2. The Labute approximate surface area is 160 Å². The molecule has 0 unspecified atom stereocenters. The Bertz CT molecular complexity index is 865. The molecule has 0 radical (unpaired) electrons. The van der Waals surface area contributed by atoms with Gasteiger partial charge in [-0.15, -0.1) is 0 Å². The first-order chi connectivity index (χ1) is 12.8. The van der Waals surface area contributed by atoms with E-state index in [9.17, 15) is 13.2 Å². The lowest BCUT2D eigenvalue weighted by Crippen LogP contribution is -2.42. The molecule has 7 heteroatoms. The molecule has 1 amide bonds. The maximum Gasteiger partial charge on any atom is 0.251 e. The van der Waals surface area contributed by atoms with Gasteiger partial charge in [-0.3, -0.25) is 4.79 Å². The van der Waals surface area contributed by atoms with Crippen LogP contribution >= 0.6 is 0 Å². The van der Waals surface area contributed by atoms with Gasteiger partial charge in [0.2, 0.25) is 10.0 Å². The number of carbonyl (C=O) groups is 1. The summed E-state index contributed by atoms with van der Waals surface area (Å²) in [6.45, 7) is 7.05. The number of hydrogen-bond acceptors (Lipinski definition) is 4. The summed E-state index contributed by atoms with van der Waals surface area (Å²) >= 11 is 0. The van der Waals surface area contributed by atoms with Crippen molar-refractivity contribution in [1.82, 2.24) is 9.62 Å². The first kappa shape index (κ1) is 19.6. The summed E-state index contributed by atoms with van der Waals surface area (Å²) in [6.07, 6.45) is 2.60. The number of sulfonamides is 1. The van der Waals surface area contributed by atoms with Crippen LogP contribution in [0.5, 0.6) is 0 Å². The molecule has 1 N–H and O–H groups in total. The van der Waals surface area contributed by atoms with Crippen LogP contribution < -0.4 is 5.32 Å². The summed E-state index contributed by atoms with van der Waals surface area (Å²) in [5, 5.41) is 2.84. The zero-order valence-electron chi connectivity index (χ0n) is 15.9. The number of benzene rings is 1. The maximum absolute atomic E-state index is 12.9. The third kappa shape index (κ3) is 4.42. The Morgan fingerprint density at radius 3 is 2.33 bits per heavy atom. The Morgan fingerprint density at radius 1 is 1.15 bits per heavy atom. The van der Waals surface area contributed by atoms with Crippen molar-refractivity contribution in [3.8, 4) is 0 Å². The fraction of sp³-hybridized carbons (Fsp3) is 0.450. The molecular weight excluding hydrogens is 364 g/mol. The first-order valence-electron chi connectivity index (χ1n) is 9.22. The van der Waals surface area contributed by atoms with Crippen molar-refractivity contribution in [2.75, 3.05) is 13.1 Å². The normalized spacial score (nSPS) is 22.3. The summed E-state index contributed by atoms with van der Waals surface area (Å²) in [7, 11) is -3.54. The van der Waals surface area contributed by atoms with Gasteiger partial charge in [0, 0.05) is 18.7 Å². The lowest BCUT2D eigenvalue weighted by molar-refractivity contribution is 0.0935. The quantitative estimate of drug-likeness (QED) is 0.848. The van der Waals surface area contributed by atoms with E-state index in [1.165, 1.54) is 12.1 Å². The van der Waals surface area contributed by atoms with Crippen LogP contribution in [-0.2, 0) is 10.0 Å². The second-order valence-electron chi connectivity index (χ2n) is 7.50. The van der Waals surface area contributed by atoms with Crippen LogP contribution in [0.15, 0.2) is 52.0 Å². The molecule has 0 aliphatic carbocycles. The molecule has 1 aliphatic heterocycles. The standard InChI is InChI=1S/C20H26N2O4S/c1-14-11-15(2)13-22(12-14)27(24,25)18-8-6-17(7-9-18)20(23)21-16(3)19-5-4-10-26-19/h4-10,14-16H,11-13H2,1-3H3,(H,21,23)/t14-,15-,16+/m1/s1. The van der Waals surface area contributed by atoms with Crippen molar-refractivity contribution in [2.45, 2.75) is 38.1 Å².